The Bertz CT molecular complexity index is 1330. The molecule has 1 aliphatic carbocycles. The average Bonchev–Trinajstić information content (AvgIpc) is 3.58. The molecule has 0 amide bonds. The zero-order valence-corrected chi connectivity index (χ0v) is 19.5. The largest absolute Gasteiger partial charge is 0.369 e. The van der Waals surface area contributed by atoms with Crippen LogP contribution in [-0.4, -0.2) is 53.0 Å². The lowest BCUT2D eigenvalue weighted by Gasteiger charge is -2.22. The van der Waals surface area contributed by atoms with Gasteiger partial charge >= 0.3 is 0 Å². The Morgan fingerprint density at radius 1 is 1.23 bits per heavy atom. The van der Waals surface area contributed by atoms with E-state index in [2.05, 4.69) is 10.2 Å². The highest BCUT2D eigenvalue weighted by molar-refractivity contribution is 5.99. The summed E-state index contributed by atoms with van der Waals surface area (Å²) >= 11 is 0. The van der Waals surface area contributed by atoms with Crippen LogP contribution in [0.15, 0.2) is 47.8 Å². The van der Waals surface area contributed by atoms with Crippen LogP contribution in [0.4, 0.5) is 8.78 Å². The fourth-order valence-corrected chi connectivity index (χ4v) is 4.09. The van der Waals surface area contributed by atoms with Gasteiger partial charge in [0.25, 0.3) is 0 Å². The van der Waals surface area contributed by atoms with Crippen LogP contribution in [0, 0.1) is 11.6 Å². The zero-order valence-electron chi connectivity index (χ0n) is 19.5. The minimum atomic E-state index is -0.766. The van der Waals surface area contributed by atoms with Gasteiger partial charge in [0, 0.05) is 48.6 Å². The van der Waals surface area contributed by atoms with Crippen molar-refractivity contribution in [2.45, 2.75) is 31.4 Å². The summed E-state index contributed by atoms with van der Waals surface area (Å²) in [6.07, 6.45) is 10.5. The summed E-state index contributed by atoms with van der Waals surface area (Å²) in [4.78, 5) is 16.8. The molecule has 2 aliphatic rings. The summed E-state index contributed by atoms with van der Waals surface area (Å²) in [5.74, 6) is -1.46. The van der Waals surface area contributed by atoms with Gasteiger partial charge in [-0.15, -0.1) is 0 Å². The topological polar surface area (TPSA) is 72.6 Å². The SMILES string of the molecule is CN(C)/N=C\c1c(C=O)cc(C2=C[C@H](c3cnn(C4CC4)c3)OCC2)nc1-c1ccc(F)cc1F. The molecule has 35 heavy (non-hydrogen) atoms. The number of pyridine rings is 1. The molecule has 0 unspecified atom stereocenters. The van der Waals surface area contributed by atoms with Crippen LogP contribution < -0.4 is 0 Å². The average molecular weight is 478 g/mol. The van der Waals surface area contributed by atoms with Crippen LogP contribution in [0.1, 0.15) is 58.6 Å². The number of aldehydes is 1. The third kappa shape index (κ3) is 4.90. The van der Waals surface area contributed by atoms with E-state index in [4.69, 9.17) is 9.72 Å². The fourth-order valence-electron chi connectivity index (χ4n) is 4.09. The second kappa shape index (κ2) is 9.50. The number of ether oxygens (including phenoxy) is 1. The maximum Gasteiger partial charge on any atom is 0.150 e. The second-order valence-corrected chi connectivity index (χ2v) is 8.91. The highest BCUT2D eigenvalue weighted by Gasteiger charge is 2.27. The Balaban J connectivity index is 1.60. The van der Waals surface area contributed by atoms with Crippen LogP contribution >= 0.6 is 0 Å². The molecular formula is C26H25F2N5O2. The van der Waals surface area contributed by atoms with E-state index in [1.807, 2.05) is 23.2 Å². The van der Waals surface area contributed by atoms with Crippen molar-refractivity contribution in [3.63, 3.8) is 0 Å². The summed E-state index contributed by atoms with van der Waals surface area (Å²) in [6.45, 7) is 0.466. The minimum absolute atomic E-state index is 0.0893. The molecule has 0 saturated heterocycles. The third-order valence-electron chi connectivity index (χ3n) is 6.04. The molecule has 0 bridgehead atoms. The van der Waals surface area contributed by atoms with Crippen molar-refractivity contribution >= 4 is 18.1 Å². The first-order chi connectivity index (χ1) is 16.9. The van der Waals surface area contributed by atoms with Crippen LogP contribution in [-0.2, 0) is 4.74 Å². The lowest BCUT2D eigenvalue weighted by atomic mass is 9.96. The van der Waals surface area contributed by atoms with Crippen molar-refractivity contribution in [3.05, 3.63) is 76.8 Å². The lowest BCUT2D eigenvalue weighted by molar-refractivity contribution is 0.0826. The molecule has 0 radical (unpaired) electrons. The first-order valence-electron chi connectivity index (χ1n) is 11.5. The fraction of sp³-hybridized carbons (Fsp3) is 0.308. The Morgan fingerprint density at radius 3 is 2.77 bits per heavy atom. The molecule has 0 N–H and O–H groups in total. The van der Waals surface area contributed by atoms with Gasteiger partial charge in [-0.2, -0.15) is 10.2 Å². The number of carbonyl (C=O) groups excluding carboxylic acids is 1. The van der Waals surface area contributed by atoms with E-state index in [9.17, 15) is 13.6 Å². The molecule has 1 fully saturated rings. The van der Waals surface area contributed by atoms with Crippen LogP contribution in [0.5, 0.6) is 0 Å². The molecule has 2 aromatic heterocycles. The van der Waals surface area contributed by atoms with Gasteiger partial charge in [-0.05, 0) is 49.1 Å². The Morgan fingerprint density at radius 2 is 2.06 bits per heavy atom. The van der Waals surface area contributed by atoms with Gasteiger partial charge in [0.2, 0.25) is 0 Å². The van der Waals surface area contributed by atoms with Gasteiger partial charge in [-0.25, -0.2) is 13.8 Å². The predicted octanol–water partition coefficient (Wildman–Crippen LogP) is 4.81. The van der Waals surface area contributed by atoms with E-state index in [1.54, 1.807) is 25.2 Å². The number of nitrogens with zero attached hydrogens (tertiary/aromatic N) is 5. The number of halogens is 2. The van der Waals surface area contributed by atoms with E-state index in [-0.39, 0.29) is 17.4 Å². The smallest absolute Gasteiger partial charge is 0.150 e. The molecule has 3 aromatic rings. The summed E-state index contributed by atoms with van der Waals surface area (Å²) in [5, 5.41) is 10.2. The van der Waals surface area contributed by atoms with Crippen molar-refractivity contribution in [2.75, 3.05) is 20.7 Å². The number of rotatable bonds is 7. The van der Waals surface area contributed by atoms with Crippen LogP contribution in [0.2, 0.25) is 0 Å². The zero-order chi connectivity index (χ0) is 24.5. The number of hydrazone groups is 1. The van der Waals surface area contributed by atoms with Crippen molar-refractivity contribution < 1.29 is 18.3 Å². The van der Waals surface area contributed by atoms with E-state index >= 15 is 0 Å². The number of aromatic nitrogens is 3. The van der Waals surface area contributed by atoms with Crippen molar-refractivity contribution in [2.24, 2.45) is 5.10 Å². The number of benzene rings is 1. The predicted molar refractivity (Wildman–Crippen MR) is 128 cm³/mol. The molecule has 3 heterocycles. The van der Waals surface area contributed by atoms with E-state index in [0.717, 1.165) is 30.0 Å². The highest BCUT2D eigenvalue weighted by Crippen LogP contribution is 2.37. The maximum absolute atomic E-state index is 14.8. The molecule has 1 atom stereocenters. The van der Waals surface area contributed by atoms with Gasteiger partial charge < -0.3 is 9.75 Å². The Hall–Kier alpha value is -3.72. The molecule has 1 aromatic carbocycles. The third-order valence-corrected chi connectivity index (χ3v) is 6.04. The number of hydrogen-bond acceptors (Lipinski definition) is 6. The van der Waals surface area contributed by atoms with Crippen molar-refractivity contribution in [1.82, 2.24) is 19.8 Å². The molecular weight excluding hydrogens is 452 g/mol. The Labute approximate surface area is 201 Å². The molecule has 0 spiro atoms. The normalized spacial score (nSPS) is 18.1. The first-order valence-corrected chi connectivity index (χ1v) is 11.5. The van der Waals surface area contributed by atoms with Crippen LogP contribution in [0.3, 0.4) is 0 Å². The van der Waals surface area contributed by atoms with E-state index in [1.165, 1.54) is 18.3 Å². The van der Waals surface area contributed by atoms with Gasteiger partial charge in [-0.1, -0.05) is 0 Å². The monoisotopic (exact) mass is 477 g/mol. The van der Waals surface area contributed by atoms with Gasteiger partial charge in [0.1, 0.15) is 17.7 Å². The minimum Gasteiger partial charge on any atom is -0.369 e. The van der Waals surface area contributed by atoms with Gasteiger partial charge in [0.15, 0.2) is 6.29 Å². The molecule has 1 aliphatic heterocycles. The highest BCUT2D eigenvalue weighted by atomic mass is 19.1. The molecule has 1 saturated carbocycles. The van der Waals surface area contributed by atoms with E-state index in [0.29, 0.717) is 42.2 Å². The first kappa shape index (κ1) is 23.0. The summed E-state index contributed by atoms with van der Waals surface area (Å²) < 4.78 is 36.4. The lowest BCUT2D eigenvalue weighted by Crippen LogP contribution is -2.12. The van der Waals surface area contributed by atoms with Gasteiger partial charge in [-0.3, -0.25) is 9.48 Å². The summed E-state index contributed by atoms with van der Waals surface area (Å²) in [6, 6.07) is 5.44. The number of hydrogen-bond donors (Lipinski definition) is 0. The molecule has 180 valence electrons. The molecule has 9 heteroatoms. The molecule has 5 rings (SSSR count). The number of carbonyl (C=O) groups is 1. The molecule has 7 nitrogen and oxygen atoms in total. The standard InChI is InChI=1S/C26H25F2N5O2/c1-32(2)29-13-22-17(15-34)9-24(31-26(22)21-6-3-19(27)11-23(21)28)16-7-8-35-25(10-16)18-12-30-33(14-18)20-4-5-20/h3,6,9-15,20,25H,4-5,7-8H2,1-2H3/b29-13-/t25-/m1/s1. The second-order valence-electron chi connectivity index (χ2n) is 8.91. The quantitative estimate of drug-likeness (QED) is 0.277. The summed E-state index contributed by atoms with van der Waals surface area (Å²) in [5.41, 5.74) is 3.34. The Kier molecular flexibility index (Phi) is 6.25. The van der Waals surface area contributed by atoms with Crippen molar-refractivity contribution in [1.29, 1.82) is 0 Å². The van der Waals surface area contributed by atoms with Gasteiger partial charge in [0.05, 0.1) is 36.4 Å². The van der Waals surface area contributed by atoms with Crippen LogP contribution in [0.25, 0.3) is 16.8 Å². The maximum atomic E-state index is 14.8. The van der Waals surface area contributed by atoms with E-state index < -0.39 is 11.6 Å². The summed E-state index contributed by atoms with van der Waals surface area (Å²) in [7, 11) is 3.46. The van der Waals surface area contributed by atoms with Crippen molar-refractivity contribution in [3.8, 4) is 11.3 Å².